The van der Waals surface area contributed by atoms with Crippen LogP contribution in [0.25, 0.3) is 10.9 Å². The maximum absolute atomic E-state index is 13.0. The molecule has 9 nitrogen and oxygen atoms in total. The molecule has 1 saturated heterocycles. The van der Waals surface area contributed by atoms with E-state index in [2.05, 4.69) is 25.4 Å². The SMILES string of the molecule is CCOc1ccc2[nH]c(=O)c(CN(Cc3nnnn3C[C@@H]3CCCO3)C3CCCCC3)cc2c1. The monoisotopic (exact) mass is 466 g/mol. The van der Waals surface area contributed by atoms with Gasteiger partial charge in [-0.25, -0.2) is 4.68 Å². The Morgan fingerprint density at radius 2 is 2.03 bits per heavy atom. The van der Waals surface area contributed by atoms with Crippen molar-refractivity contribution in [3.8, 4) is 5.75 Å². The number of benzene rings is 1. The summed E-state index contributed by atoms with van der Waals surface area (Å²) in [7, 11) is 0. The summed E-state index contributed by atoms with van der Waals surface area (Å²) in [5, 5.41) is 13.5. The van der Waals surface area contributed by atoms with Crippen LogP contribution >= 0.6 is 0 Å². The Labute approximate surface area is 199 Å². The smallest absolute Gasteiger partial charge is 0.252 e. The van der Waals surface area contributed by atoms with E-state index in [4.69, 9.17) is 9.47 Å². The van der Waals surface area contributed by atoms with Crippen LogP contribution in [0.5, 0.6) is 5.75 Å². The highest BCUT2D eigenvalue weighted by Gasteiger charge is 2.26. The van der Waals surface area contributed by atoms with E-state index in [0.717, 1.165) is 60.3 Å². The molecule has 1 atom stereocenters. The van der Waals surface area contributed by atoms with Gasteiger partial charge in [-0.2, -0.15) is 0 Å². The Bertz CT molecular complexity index is 1150. The fourth-order valence-electron chi connectivity index (χ4n) is 5.22. The van der Waals surface area contributed by atoms with Gasteiger partial charge in [0.2, 0.25) is 0 Å². The van der Waals surface area contributed by atoms with Crippen molar-refractivity contribution in [2.75, 3.05) is 13.2 Å². The molecule has 2 fully saturated rings. The fourth-order valence-corrected chi connectivity index (χ4v) is 5.22. The molecule has 0 unspecified atom stereocenters. The first-order valence-corrected chi connectivity index (χ1v) is 12.6. The number of fused-ring (bicyclic) bond motifs is 1. The summed E-state index contributed by atoms with van der Waals surface area (Å²) in [6.07, 6.45) is 8.28. The van der Waals surface area contributed by atoms with E-state index in [9.17, 15) is 4.79 Å². The van der Waals surface area contributed by atoms with Gasteiger partial charge in [-0.15, -0.1) is 5.10 Å². The zero-order valence-electron chi connectivity index (χ0n) is 19.9. The topological polar surface area (TPSA) is 98.2 Å². The lowest BCUT2D eigenvalue weighted by Crippen LogP contribution is -2.38. The van der Waals surface area contributed by atoms with Crippen LogP contribution < -0.4 is 10.3 Å². The van der Waals surface area contributed by atoms with Crippen molar-refractivity contribution >= 4 is 10.9 Å². The van der Waals surface area contributed by atoms with Crippen molar-refractivity contribution in [1.29, 1.82) is 0 Å². The second-order valence-electron chi connectivity index (χ2n) is 9.41. The largest absolute Gasteiger partial charge is 0.494 e. The van der Waals surface area contributed by atoms with E-state index in [-0.39, 0.29) is 11.7 Å². The molecule has 1 aliphatic heterocycles. The summed E-state index contributed by atoms with van der Waals surface area (Å²) in [4.78, 5) is 18.4. The number of pyridine rings is 1. The molecule has 3 aromatic rings. The minimum Gasteiger partial charge on any atom is -0.494 e. The molecule has 0 radical (unpaired) electrons. The normalized spacial score (nSPS) is 19.3. The average molecular weight is 467 g/mol. The van der Waals surface area contributed by atoms with Crippen molar-refractivity contribution in [1.82, 2.24) is 30.1 Å². The highest BCUT2D eigenvalue weighted by molar-refractivity contribution is 5.80. The Morgan fingerprint density at radius 1 is 1.15 bits per heavy atom. The van der Waals surface area contributed by atoms with E-state index in [1.165, 1.54) is 19.3 Å². The van der Waals surface area contributed by atoms with E-state index in [0.29, 0.717) is 32.3 Å². The lowest BCUT2D eigenvalue weighted by molar-refractivity contribution is 0.0893. The first-order chi connectivity index (χ1) is 16.7. The quantitative estimate of drug-likeness (QED) is 0.516. The second kappa shape index (κ2) is 10.7. The molecule has 1 N–H and O–H groups in total. The van der Waals surface area contributed by atoms with Gasteiger partial charge in [0, 0.05) is 35.7 Å². The Kier molecular flexibility index (Phi) is 7.20. The summed E-state index contributed by atoms with van der Waals surface area (Å²) in [6, 6.07) is 8.20. The van der Waals surface area contributed by atoms with Crippen molar-refractivity contribution in [2.24, 2.45) is 0 Å². The van der Waals surface area contributed by atoms with Crippen LogP contribution in [0.1, 0.15) is 63.3 Å². The molecule has 34 heavy (non-hydrogen) atoms. The van der Waals surface area contributed by atoms with Crippen molar-refractivity contribution in [2.45, 2.75) is 83.6 Å². The van der Waals surface area contributed by atoms with Crippen molar-refractivity contribution in [3.05, 3.63) is 46.0 Å². The summed E-state index contributed by atoms with van der Waals surface area (Å²) >= 11 is 0. The number of ether oxygens (including phenoxy) is 2. The zero-order chi connectivity index (χ0) is 23.3. The summed E-state index contributed by atoms with van der Waals surface area (Å²) in [6.45, 7) is 5.24. The Balaban J connectivity index is 1.40. The van der Waals surface area contributed by atoms with Crippen LogP contribution in [0, 0.1) is 0 Å². The zero-order valence-corrected chi connectivity index (χ0v) is 19.9. The molecular formula is C25H34N6O3. The van der Waals surface area contributed by atoms with Gasteiger partial charge in [0.15, 0.2) is 5.82 Å². The van der Waals surface area contributed by atoms with Crippen molar-refractivity contribution < 1.29 is 9.47 Å². The number of hydrogen-bond donors (Lipinski definition) is 1. The standard InChI is InChI=1S/C25H34N6O3/c1-2-33-21-10-11-23-18(14-21)13-19(25(32)26-23)15-30(20-7-4-3-5-8-20)17-24-27-28-29-31(24)16-22-9-6-12-34-22/h10-11,13-14,20,22H,2-9,12,15-17H2,1H3,(H,26,32)/t22-/m0/s1. The lowest BCUT2D eigenvalue weighted by atomic mass is 9.93. The molecule has 2 aliphatic rings. The molecule has 1 aliphatic carbocycles. The lowest BCUT2D eigenvalue weighted by Gasteiger charge is -2.34. The fraction of sp³-hybridized carbons (Fsp3) is 0.600. The van der Waals surface area contributed by atoms with Crippen LogP contribution in [-0.2, 0) is 24.4 Å². The van der Waals surface area contributed by atoms with Gasteiger partial charge in [-0.3, -0.25) is 9.69 Å². The first-order valence-electron chi connectivity index (χ1n) is 12.6. The number of nitrogens with zero attached hydrogens (tertiary/aromatic N) is 5. The predicted octanol–water partition coefficient (Wildman–Crippen LogP) is 3.43. The van der Waals surface area contributed by atoms with Gasteiger partial charge in [0.1, 0.15) is 5.75 Å². The molecule has 3 heterocycles. The minimum absolute atomic E-state index is 0.0450. The molecule has 1 saturated carbocycles. The van der Waals surface area contributed by atoms with Gasteiger partial charge in [-0.05, 0) is 67.3 Å². The number of H-pyrrole nitrogens is 1. The third kappa shape index (κ3) is 5.31. The Hall–Kier alpha value is -2.78. The average Bonchev–Trinajstić information content (AvgIpc) is 3.53. The predicted molar refractivity (Wildman–Crippen MR) is 129 cm³/mol. The highest BCUT2D eigenvalue weighted by atomic mass is 16.5. The number of aromatic amines is 1. The van der Waals surface area contributed by atoms with E-state index in [1.807, 2.05) is 35.9 Å². The number of nitrogens with one attached hydrogen (secondary N) is 1. The van der Waals surface area contributed by atoms with Crippen LogP contribution in [0.15, 0.2) is 29.1 Å². The third-order valence-electron chi connectivity index (χ3n) is 7.02. The highest BCUT2D eigenvalue weighted by Crippen LogP contribution is 2.26. The summed E-state index contributed by atoms with van der Waals surface area (Å²) in [5.74, 6) is 1.64. The molecule has 0 spiro atoms. The van der Waals surface area contributed by atoms with E-state index in [1.54, 1.807) is 0 Å². The number of hydrogen-bond acceptors (Lipinski definition) is 7. The number of tetrazole rings is 1. The van der Waals surface area contributed by atoms with Gasteiger partial charge in [-0.1, -0.05) is 19.3 Å². The van der Waals surface area contributed by atoms with E-state index >= 15 is 0 Å². The van der Waals surface area contributed by atoms with Crippen LogP contribution in [0.2, 0.25) is 0 Å². The van der Waals surface area contributed by atoms with Gasteiger partial charge in [0.25, 0.3) is 5.56 Å². The van der Waals surface area contributed by atoms with Gasteiger partial charge >= 0.3 is 0 Å². The van der Waals surface area contributed by atoms with Crippen LogP contribution in [0.4, 0.5) is 0 Å². The molecular weight excluding hydrogens is 432 g/mol. The molecule has 0 amide bonds. The number of aromatic nitrogens is 5. The first kappa shape index (κ1) is 23.0. The number of rotatable bonds is 9. The molecule has 2 aromatic heterocycles. The van der Waals surface area contributed by atoms with Gasteiger partial charge < -0.3 is 14.5 Å². The van der Waals surface area contributed by atoms with Crippen molar-refractivity contribution in [3.63, 3.8) is 0 Å². The van der Waals surface area contributed by atoms with Crippen LogP contribution in [-0.4, -0.2) is 55.5 Å². The summed E-state index contributed by atoms with van der Waals surface area (Å²) < 4.78 is 13.3. The Morgan fingerprint density at radius 3 is 2.82 bits per heavy atom. The third-order valence-corrected chi connectivity index (χ3v) is 7.02. The molecule has 1 aromatic carbocycles. The molecule has 9 heteroatoms. The maximum atomic E-state index is 13.0. The maximum Gasteiger partial charge on any atom is 0.252 e. The summed E-state index contributed by atoms with van der Waals surface area (Å²) in [5.41, 5.74) is 1.53. The molecule has 182 valence electrons. The van der Waals surface area contributed by atoms with E-state index < -0.39 is 0 Å². The van der Waals surface area contributed by atoms with Crippen LogP contribution in [0.3, 0.4) is 0 Å². The molecule has 5 rings (SSSR count). The minimum atomic E-state index is -0.0450. The second-order valence-corrected chi connectivity index (χ2v) is 9.41. The molecule has 0 bridgehead atoms. The van der Waals surface area contributed by atoms with Gasteiger partial charge in [0.05, 0.1) is 25.8 Å².